The van der Waals surface area contributed by atoms with Crippen LogP contribution in [0.1, 0.15) is 36.7 Å². The Labute approximate surface area is 105 Å². The Morgan fingerprint density at radius 3 is 3.00 bits per heavy atom. The Morgan fingerprint density at radius 1 is 1.50 bits per heavy atom. The van der Waals surface area contributed by atoms with Crippen LogP contribution in [0.5, 0.6) is 0 Å². The van der Waals surface area contributed by atoms with Gasteiger partial charge in [0.15, 0.2) is 5.82 Å². The van der Waals surface area contributed by atoms with Crippen LogP contribution >= 0.6 is 0 Å². The molecule has 0 spiro atoms. The molecule has 0 unspecified atom stereocenters. The van der Waals surface area contributed by atoms with E-state index >= 15 is 0 Å². The first-order valence-corrected chi connectivity index (χ1v) is 5.99. The maximum Gasteiger partial charge on any atom is 0.296 e. The molecule has 2 aromatic heterocycles. The third kappa shape index (κ3) is 2.73. The highest BCUT2D eigenvalue weighted by molar-refractivity contribution is 6.00. The van der Waals surface area contributed by atoms with Crippen molar-refractivity contribution >= 4 is 11.7 Å². The van der Waals surface area contributed by atoms with Gasteiger partial charge in [0.05, 0.1) is 0 Å². The van der Waals surface area contributed by atoms with E-state index in [0.29, 0.717) is 5.82 Å². The van der Waals surface area contributed by atoms with Gasteiger partial charge in [0.25, 0.3) is 5.91 Å². The monoisotopic (exact) mass is 248 g/mol. The van der Waals surface area contributed by atoms with E-state index in [1.54, 1.807) is 16.9 Å². The standard InChI is InChI=1S/C11H16N6O/c1-3-5-8-12-10(15-14-8)11(18)13-9-6-7-17(4-2)16-9/h6-7H,3-5H2,1-2H3,(H,12,14,15)(H,13,16,18). The average Bonchev–Trinajstić information content (AvgIpc) is 2.98. The molecule has 0 aliphatic heterocycles. The zero-order valence-corrected chi connectivity index (χ0v) is 10.5. The maximum absolute atomic E-state index is 11.8. The molecule has 7 nitrogen and oxygen atoms in total. The molecule has 0 atom stereocenters. The Bertz CT molecular complexity index is 529. The lowest BCUT2D eigenvalue weighted by atomic mass is 10.3. The molecule has 0 radical (unpaired) electrons. The first-order valence-electron chi connectivity index (χ1n) is 5.99. The number of anilines is 1. The number of aromatic amines is 1. The van der Waals surface area contributed by atoms with Crippen molar-refractivity contribution in [3.63, 3.8) is 0 Å². The molecular weight excluding hydrogens is 232 g/mol. The lowest BCUT2D eigenvalue weighted by Crippen LogP contribution is -2.14. The van der Waals surface area contributed by atoms with Crippen molar-refractivity contribution in [3.05, 3.63) is 23.9 Å². The number of rotatable bonds is 5. The van der Waals surface area contributed by atoms with E-state index < -0.39 is 0 Å². The summed E-state index contributed by atoms with van der Waals surface area (Å²) in [6.45, 7) is 4.78. The summed E-state index contributed by atoms with van der Waals surface area (Å²) in [5.74, 6) is 1.02. The van der Waals surface area contributed by atoms with Crippen molar-refractivity contribution < 1.29 is 4.79 Å². The van der Waals surface area contributed by atoms with E-state index in [-0.39, 0.29) is 11.7 Å². The zero-order chi connectivity index (χ0) is 13.0. The van der Waals surface area contributed by atoms with Crippen LogP contribution in [0.3, 0.4) is 0 Å². The number of amides is 1. The van der Waals surface area contributed by atoms with Crippen LogP contribution in [0.25, 0.3) is 0 Å². The SMILES string of the molecule is CCCc1nc(C(=O)Nc2ccn(CC)n2)n[nH]1. The normalized spacial score (nSPS) is 10.6. The van der Waals surface area contributed by atoms with Crippen LogP contribution in [0.4, 0.5) is 5.82 Å². The highest BCUT2D eigenvalue weighted by Crippen LogP contribution is 2.04. The van der Waals surface area contributed by atoms with Crippen molar-refractivity contribution in [1.82, 2.24) is 25.0 Å². The Hall–Kier alpha value is -2.18. The molecule has 2 aromatic rings. The largest absolute Gasteiger partial charge is 0.302 e. The lowest BCUT2D eigenvalue weighted by Gasteiger charge is -1.97. The van der Waals surface area contributed by atoms with Gasteiger partial charge in [0.1, 0.15) is 5.82 Å². The van der Waals surface area contributed by atoms with E-state index in [2.05, 4.69) is 25.6 Å². The summed E-state index contributed by atoms with van der Waals surface area (Å²) >= 11 is 0. The second kappa shape index (κ2) is 5.44. The quantitative estimate of drug-likeness (QED) is 0.832. The second-order valence-corrected chi connectivity index (χ2v) is 3.87. The molecule has 0 saturated carbocycles. The molecule has 18 heavy (non-hydrogen) atoms. The maximum atomic E-state index is 11.8. The molecular formula is C11H16N6O. The van der Waals surface area contributed by atoms with Crippen molar-refractivity contribution in [2.24, 2.45) is 0 Å². The first kappa shape index (κ1) is 12.3. The van der Waals surface area contributed by atoms with E-state index in [1.165, 1.54) is 0 Å². The van der Waals surface area contributed by atoms with Crippen LogP contribution in [-0.4, -0.2) is 30.9 Å². The van der Waals surface area contributed by atoms with Gasteiger partial charge in [-0.05, 0) is 13.3 Å². The van der Waals surface area contributed by atoms with Gasteiger partial charge in [0, 0.05) is 25.2 Å². The number of carbonyl (C=O) groups excluding carboxylic acids is 1. The minimum atomic E-state index is -0.352. The number of aryl methyl sites for hydroxylation is 2. The summed E-state index contributed by atoms with van der Waals surface area (Å²) in [4.78, 5) is 15.9. The van der Waals surface area contributed by atoms with Gasteiger partial charge in [-0.25, -0.2) is 4.98 Å². The van der Waals surface area contributed by atoms with E-state index in [1.807, 2.05) is 13.8 Å². The Morgan fingerprint density at radius 2 is 2.33 bits per heavy atom. The minimum Gasteiger partial charge on any atom is -0.302 e. The van der Waals surface area contributed by atoms with Crippen LogP contribution in [-0.2, 0) is 13.0 Å². The lowest BCUT2D eigenvalue weighted by molar-refractivity contribution is 0.101. The zero-order valence-electron chi connectivity index (χ0n) is 10.5. The van der Waals surface area contributed by atoms with Crippen LogP contribution < -0.4 is 5.32 Å². The number of hydrogen-bond donors (Lipinski definition) is 2. The van der Waals surface area contributed by atoms with Gasteiger partial charge in [-0.3, -0.25) is 14.6 Å². The fraction of sp³-hybridized carbons (Fsp3) is 0.455. The van der Waals surface area contributed by atoms with Gasteiger partial charge in [-0.2, -0.15) is 5.10 Å². The van der Waals surface area contributed by atoms with E-state index in [4.69, 9.17) is 0 Å². The second-order valence-electron chi connectivity index (χ2n) is 3.87. The summed E-state index contributed by atoms with van der Waals surface area (Å²) in [6, 6.07) is 1.74. The predicted octanol–water partition coefficient (Wildman–Crippen LogP) is 1.23. The fourth-order valence-electron chi connectivity index (χ4n) is 1.52. The van der Waals surface area contributed by atoms with Crippen molar-refractivity contribution in [1.29, 1.82) is 0 Å². The molecule has 0 aliphatic rings. The van der Waals surface area contributed by atoms with Gasteiger partial charge in [-0.15, -0.1) is 5.10 Å². The molecule has 2 N–H and O–H groups in total. The van der Waals surface area contributed by atoms with Crippen LogP contribution in [0, 0.1) is 0 Å². The highest BCUT2D eigenvalue weighted by atomic mass is 16.2. The molecule has 2 heterocycles. The third-order valence-electron chi connectivity index (χ3n) is 2.43. The molecule has 2 rings (SSSR count). The Kier molecular flexibility index (Phi) is 3.71. The highest BCUT2D eigenvalue weighted by Gasteiger charge is 2.13. The fourth-order valence-corrected chi connectivity index (χ4v) is 1.52. The summed E-state index contributed by atoms with van der Waals surface area (Å²) in [6.07, 6.45) is 3.54. The number of nitrogens with one attached hydrogen (secondary N) is 2. The van der Waals surface area contributed by atoms with Gasteiger partial charge in [-0.1, -0.05) is 6.92 Å². The molecule has 7 heteroatoms. The summed E-state index contributed by atoms with van der Waals surface area (Å²) in [5.41, 5.74) is 0. The predicted molar refractivity (Wildman–Crippen MR) is 66.2 cm³/mol. The number of nitrogens with zero attached hydrogens (tertiary/aromatic N) is 4. The van der Waals surface area contributed by atoms with Crippen LogP contribution in [0.15, 0.2) is 12.3 Å². The number of aromatic nitrogens is 5. The van der Waals surface area contributed by atoms with Gasteiger partial charge >= 0.3 is 0 Å². The Balaban J connectivity index is 2.02. The smallest absolute Gasteiger partial charge is 0.296 e. The molecule has 0 aliphatic carbocycles. The summed E-state index contributed by atoms with van der Waals surface area (Å²) in [7, 11) is 0. The number of hydrogen-bond acceptors (Lipinski definition) is 4. The first-order chi connectivity index (χ1) is 8.72. The summed E-state index contributed by atoms with van der Waals surface area (Å²) in [5, 5.41) is 13.4. The van der Waals surface area contributed by atoms with Crippen molar-refractivity contribution in [2.45, 2.75) is 33.2 Å². The molecule has 1 amide bonds. The number of carbonyl (C=O) groups is 1. The summed E-state index contributed by atoms with van der Waals surface area (Å²) < 4.78 is 1.73. The van der Waals surface area contributed by atoms with Crippen molar-refractivity contribution in [3.8, 4) is 0 Å². The average molecular weight is 248 g/mol. The van der Waals surface area contributed by atoms with Gasteiger partial charge in [0.2, 0.25) is 5.82 Å². The van der Waals surface area contributed by atoms with E-state index in [9.17, 15) is 4.79 Å². The molecule has 96 valence electrons. The molecule has 0 aromatic carbocycles. The third-order valence-corrected chi connectivity index (χ3v) is 2.43. The van der Waals surface area contributed by atoms with Crippen LogP contribution in [0.2, 0.25) is 0 Å². The molecule has 0 saturated heterocycles. The van der Waals surface area contributed by atoms with Gasteiger partial charge < -0.3 is 5.32 Å². The van der Waals surface area contributed by atoms with Crippen molar-refractivity contribution in [2.75, 3.05) is 5.32 Å². The molecule has 0 fully saturated rings. The topological polar surface area (TPSA) is 88.5 Å². The number of H-pyrrole nitrogens is 1. The molecule has 0 bridgehead atoms. The van der Waals surface area contributed by atoms with E-state index in [0.717, 1.165) is 25.2 Å². The minimum absolute atomic E-state index is 0.143.